The van der Waals surface area contributed by atoms with Crippen molar-refractivity contribution >= 4 is 43.5 Å². The van der Waals surface area contributed by atoms with Crippen LogP contribution in [-0.2, 0) is 26.2 Å². The SMILES string of the molecule is Cc1ccc(S(=O)(=O)N(CC(=O)N(Cc2cccc(Br)c2)[C@H](C)C(=O)NC(C)(C)C)c2cc(C)ccc2C)cc1. The van der Waals surface area contributed by atoms with Crippen LogP contribution in [0.1, 0.15) is 49.9 Å². The molecule has 1 N–H and O–H groups in total. The van der Waals surface area contributed by atoms with Crippen LogP contribution in [0.3, 0.4) is 0 Å². The van der Waals surface area contributed by atoms with Gasteiger partial charge in [-0.3, -0.25) is 13.9 Å². The standard InChI is InChI=1S/C31H38BrN3O4S/c1-21-12-15-27(16-13-21)40(38,39)35(28-17-22(2)11-14-23(28)3)20-29(36)34(19-25-9-8-10-26(32)18-25)24(4)30(37)33-31(5,6)7/h8-18,24H,19-20H2,1-7H3,(H,33,37)/t24-/m1/s1. The Labute approximate surface area is 246 Å². The van der Waals surface area contributed by atoms with Gasteiger partial charge in [0.1, 0.15) is 12.6 Å². The summed E-state index contributed by atoms with van der Waals surface area (Å²) >= 11 is 3.47. The number of aryl methyl sites for hydroxylation is 3. The predicted octanol–water partition coefficient (Wildman–Crippen LogP) is 5.90. The topological polar surface area (TPSA) is 86.8 Å². The molecule has 0 aliphatic heterocycles. The molecular formula is C31H38BrN3O4S. The van der Waals surface area contributed by atoms with Crippen LogP contribution in [0.2, 0.25) is 0 Å². The van der Waals surface area contributed by atoms with Crippen molar-refractivity contribution in [1.82, 2.24) is 10.2 Å². The Kier molecular flexibility index (Phi) is 9.85. The van der Waals surface area contributed by atoms with E-state index in [2.05, 4.69) is 21.2 Å². The normalized spacial score (nSPS) is 12.5. The number of hydrogen-bond donors (Lipinski definition) is 1. The minimum atomic E-state index is -4.12. The smallest absolute Gasteiger partial charge is 0.264 e. The molecule has 0 radical (unpaired) electrons. The van der Waals surface area contributed by atoms with Crippen molar-refractivity contribution in [2.24, 2.45) is 0 Å². The number of carbonyl (C=O) groups excluding carboxylic acids is 2. The highest BCUT2D eigenvalue weighted by Crippen LogP contribution is 2.29. The first kappa shape index (κ1) is 31.4. The van der Waals surface area contributed by atoms with Gasteiger partial charge >= 0.3 is 0 Å². The van der Waals surface area contributed by atoms with Gasteiger partial charge in [0.25, 0.3) is 10.0 Å². The monoisotopic (exact) mass is 627 g/mol. The summed E-state index contributed by atoms with van der Waals surface area (Å²) in [5.74, 6) is -0.816. The van der Waals surface area contributed by atoms with E-state index in [1.807, 2.05) is 77.9 Å². The number of nitrogens with one attached hydrogen (secondary N) is 1. The zero-order valence-electron chi connectivity index (χ0n) is 24.2. The van der Waals surface area contributed by atoms with Crippen LogP contribution in [0.5, 0.6) is 0 Å². The number of nitrogens with zero attached hydrogens (tertiary/aromatic N) is 2. The van der Waals surface area contributed by atoms with Gasteiger partial charge in [-0.15, -0.1) is 0 Å². The van der Waals surface area contributed by atoms with Crippen molar-refractivity contribution in [3.8, 4) is 0 Å². The molecule has 2 amide bonds. The third-order valence-electron chi connectivity index (χ3n) is 6.43. The molecule has 3 aromatic rings. The second kappa shape index (κ2) is 12.6. The van der Waals surface area contributed by atoms with Crippen LogP contribution in [0.15, 0.2) is 76.1 Å². The number of amides is 2. The van der Waals surface area contributed by atoms with Gasteiger partial charge in [-0.2, -0.15) is 0 Å². The molecule has 0 aliphatic rings. The van der Waals surface area contributed by atoms with Gasteiger partial charge in [0.05, 0.1) is 10.6 Å². The zero-order chi connectivity index (χ0) is 29.8. The third kappa shape index (κ3) is 7.95. The van der Waals surface area contributed by atoms with Crippen LogP contribution in [0.4, 0.5) is 5.69 Å². The van der Waals surface area contributed by atoms with Crippen molar-refractivity contribution in [3.05, 3.63) is 93.5 Å². The van der Waals surface area contributed by atoms with Gasteiger partial charge in [-0.25, -0.2) is 8.42 Å². The average molecular weight is 629 g/mol. The summed E-state index contributed by atoms with van der Waals surface area (Å²) in [5.41, 5.74) is 3.22. The number of halogens is 1. The molecule has 0 saturated heterocycles. The highest BCUT2D eigenvalue weighted by molar-refractivity contribution is 9.10. The Hall–Kier alpha value is -3.17. The van der Waals surface area contributed by atoms with Gasteiger partial charge < -0.3 is 10.2 Å². The molecule has 40 heavy (non-hydrogen) atoms. The van der Waals surface area contributed by atoms with E-state index < -0.39 is 34.1 Å². The lowest BCUT2D eigenvalue weighted by Crippen LogP contribution is -2.54. The maximum Gasteiger partial charge on any atom is 0.264 e. The highest BCUT2D eigenvalue weighted by Gasteiger charge is 2.34. The summed E-state index contributed by atoms with van der Waals surface area (Å²) in [6.45, 7) is 12.5. The molecule has 0 heterocycles. The molecule has 7 nitrogen and oxygen atoms in total. The largest absolute Gasteiger partial charge is 0.350 e. The van der Waals surface area contributed by atoms with Crippen molar-refractivity contribution in [1.29, 1.82) is 0 Å². The summed E-state index contributed by atoms with van der Waals surface area (Å²) in [6, 6.07) is 18.7. The average Bonchev–Trinajstić information content (AvgIpc) is 2.86. The number of sulfonamides is 1. The minimum absolute atomic E-state index is 0.0869. The van der Waals surface area contributed by atoms with Gasteiger partial charge in [0.2, 0.25) is 11.8 Å². The van der Waals surface area contributed by atoms with E-state index in [-0.39, 0.29) is 17.3 Å². The quantitative estimate of drug-likeness (QED) is 0.320. The Morgan fingerprint density at radius 3 is 2.15 bits per heavy atom. The number of anilines is 1. The summed E-state index contributed by atoms with van der Waals surface area (Å²) in [6.07, 6.45) is 0. The predicted molar refractivity (Wildman–Crippen MR) is 164 cm³/mol. The van der Waals surface area contributed by atoms with E-state index in [4.69, 9.17) is 0 Å². The van der Waals surface area contributed by atoms with E-state index in [0.717, 1.165) is 25.5 Å². The maximum atomic E-state index is 14.1. The summed E-state index contributed by atoms with van der Waals surface area (Å²) in [7, 11) is -4.12. The van der Waals surface area contributed by atoms with Gasteiger partial charge in [-0.05, 0) is 95.5 Å². The molecule has 0 unspecified atom stereocenters. The fourth-order valence-electron chi connectivity index (χ4n) is 4.23. The molecule has 9 heteroatoms. The van der Waals surface area contributed by atoms with Crippen molar-refractivity contribution < 1.29 is 18.0 Å². The lowest BCUT2D eigenvalue weighted by atomic mass is 10.1. The molecular weight excluding hydrogens is 590 g/mol. The van der Waals surface area contributed by atoms with Crippen LogP contribution in [0, 0.1) is 20.8 Å². The van der Waals surface area contributed by atoms with Crippen molar-refractivity contribution in [2.45, 2.75) is 71.5 Å². The third-order valence-corrected chi connectivity index (χ3v) is 8.70. The van der Waals surface area contributed by atoms with E-state index in [0.29, 0.717) is 11.3 Å². The van der Waals surface area contributed by atoms with E-state index >= 15 is 0 Å². The molecule has 3 rings (SSSR count). The Morgan fingerprint density at radius 1 is 0.925 bits per heavy atom. The molecule has 0 saturated carbocycles. The van der Waals surface area contributed by atoms with E-state index in [1.54, 1.807) is 37.3 Å². The fraction of sp³-hybridized carbons (Fsp3) is 0.355. The number of carbonyl (C=O) groups is 2. The van der Waals surface area contributed by atoms with Crippen LogP contribution in [-0.4, -0.2) is 43.3 Å². The molecule has 0 bridgehead atoms. The lowest BCUT2D eigenvalue weighted by molar-refractivity contribution is -0.140. The molecule has 3 aromatic carbocycles. The van der Waals surface area contributed by atoms with E-state index in [1.165, 1.54) is 4.90 Å². The molecule has 1 atom stereocenters. The first-order chi connectivity index (χ1) is 18.6. The van der Waals surface area contributed by atoms with Crippen molar-refractivity contribution in [2.75, 3.05) is 10.8 Å². The lowest BCUT2D eigenvalue weighted by Gasteiger charge is -2.34. The Balaban J connectivity index is 2.08. The Bertz CT molecular complexity index is 1480. The molecule has 0 aromatic heterocycles. The number of rotatable bonds is 9. The van der Waals surface area contributed by atoms with Crippen LogP contribution < -0.4 is 9.62 Å². The van der Waals surface area contributed by atoms with Crippen LogP contribution in [0.25, 0.3) is 0 Å². The molecule has 0 fully saturated rings. The second-order valence-corrected chi connectivity index (χ2v) is 14.0. The summed E-state index contributed by atoms with van der Waals surface area (Å²) in [4.78, 5) is 28.8. The maximum absolute atomic E-state index is 14.1. The fourth-order valence-corrected chi connectivity index (χ4v) is 6.14. The minimum Gasteiger partial charge on any atom is -0.350 e. The first-order valence-electron chi connectivity index (χ1n) is 13.1. The number of benzene rings is 3. The number of hydrogen-bond acceptors (Lipinski definition) is 4. The summed E-state index contributed by atoms with van der Waals surface area (Å²) < 4.78 is 30.1. The highest BCUT2D eigenvalue weighted by atomic mass is 79.9. The van der Waals surface area contributed by atoms with Crippen LogP contribution >= 0.6 is 15.9 Å². The van der Waals surface area contributed by atoms with Gasteiger partial charge in [0, 0.05) is 16.6 Å². The second-order valence-electron chi connectivity index (χ2n) is 11.2. The molecule has 0 aliphatic carbocycles. The summed E-state index contributed by atoms with van der Waals surface area (Å²) in [5, 5.41) is 2.94. The van der Waals surface area contributed by atoms with Crippen molar-refractivity contribution in [3.63, 3.8) is 0 Å². The Morgan fingerprint density at radius 2 is 1.55 bits per heavy atom. The molecule has 214 valence electrons. The molecule has 0 spiro atoms. The van der Waals surface area contributed by atoms with Gasteiger partial charge in [0.15, 0.2) is 0 Å². The van der Waals surface area contributed by atoms with E-state index in [9.17, 15) is 18.0 Å². The zero-order valence-corrected chi connectivity index (χ0v) is 26.6. The first-order valence-corrected chi connectivity index (χ1v) is 15.3. The van der Waals surface area contributed by atoms with Gasteiger partial charge in [-0.1, -0.05) is 57.9 Å².